The predicted octanol–water partition coefficient (Wildman–Crippen LogP) is 2.18. The molecule has 3 N–H and O–H groups in total. The van der Waals surface area contributed by atoms with Crippen molar-refractivity contribution in [2.24, 2.45) is 5.73 Å². The molecule has 0 unspecified atom stereocenters. The summed E-state index contributed by atoms with van der Waals surface area (Å²) in [5.41, 5.74) is 7.19. The average Bonchev–Trinajstić information content (AvgIpc) is 2.94. The minimum Gasteiger partial charge on any atom is -0.321 e. The number of carbonyl (C=O) groups is 1. The summed E-state index contributed by atoms with van der Waals surface area (Å²) < 4.78 is 0. The zero-order valence-electron chi connectivity index (χ0n) is 10.5. The van der Waals surface area contributed by atoms with E-state index in [0.717, 1.165) is 0 Å². The summed E-state index contributed by atoms with van der Waals surface area (Å²) in [7, 11) is 0. The molecule has 0 fully saturated rings. The molecule has 0 radical (unpaired) electrons. The number of benzene rings is 1. The second-order valence-corrected chi connectivity index (χ2v) is 4.73. The van der Waals surface area contributed by atoms with Gasteiger partial charge in [0.15, 0.2) is 0 Å². The number of carbonyl (C=O) groups excluding carboxylic acids is 1. The van der Waals surface area contributed by atoms with Crippen LogP contribution in [0.15, 0.2) is 35.7 Å². The predicted molar refractivity (Wildman–Crippen MR) is 79.4 cm³/mol. The maximum absolute atomic E-state index is 12.1. The van der Waals surface area contributed by atoms with Crippen molar-refractivity contribution in [3.05, 3.63) is 51.7 Å². The van der Waals surface area contributed by atoms with Crippen molar-refractivity contribution in [3.8, 4) is 17.9 Å². The van der Waals surface area contributed by atoms with Gasteiger partial charge in [-0.15, -0.1) is 11.3 Å². The van der Waals surface area contributed by atoms with Crippen molar-refractivity contribution >= 4 is 22.9 Å². The molecule has 20 heavy (non-hydrogen) atoms. The van der Waals surface area contributed by atoms with Crippen LogP contribution in [0, 0.1) is 23.2 Å². The van der Waals surface area contributed by atoms with Gasteiger partial charge < -0.3 is 11.1 Å². The third kappa shape index (κ3) is 3.24. The first-order valence-electron chi connectivity index (χ1n) is 5.82. The van der Waals surface area contributed by atoms with E-state index in [1.807, 2.05) is 11.4 Å². The van der Waals surface area contributed by atoms with Gasteiger partial charge in [-0.1, -0.05) is 11.8 Å². The molecular weight excluding hydrogens is 270 g/mol. The van der Waals surface area contributed by atoms with Crippen molar-refractivity contribution in [1.29, 1.82) is 5.26 Å². The molecule has 1 aromatic carbocycles. The molecular formula is C15H11N3OS. The number of nitrogens with two attached hydrogens (primary N) is 1. The summed E-state index contributed by atoms with van der Waals surface area (Å²) in [4.78, 5) is 12.7. The highest BCUT2D eigenvalue weighted by atomic mass is 32.1. The SMILES string of the molecule is N#Cc1ccc(NC(=O)c2sccc2C#CCN)cc1. The minimum absolute atomic E-state index is 0.217. The largest absolute Gasteiger partial charge is 0.321 e. The minimum atomic E-state index is -0.217. The molecule has 98 valence electrons. The number of nitriles is 1. The van der Waals surface area contributed by atoms with Gasteiger partial charge in [0, 0.05) is 11.3 Å². The number of nitrogens with zero attached hydrogens (tertiary/aromatic N) is 1. The molecule has 0 saturated heterocycles. The van der Waals surface area contributed by atoms with Gasteiger partial charge in [-0.05, 0) is 35.7 Å². The number of rotatable bonds is 2. The topological polar surface area (TPSA) is 78.9 Å². The van der Waals surface area contributed by atoms with Crippen molar-refractivity contribution in [2.75, 3.05) is 11.9 Å². The van der Waals surface area contributed by atoms with Crippen molar-refractivity contribution in [2.45, 2.75) is 0 Å². The van der Waals surface area contributed by atoms with Gasteiger partial charge in [-0.3, -0.25) is 4.79 Å². The zero-order chi connectivity index (χ0) is 14.4. The third-order valence-electron chi connectivity index (χ3n) is 2.47. The first-order valence-corrected chi connectivity index (χ1v) is 6.70. The average molecular weight is 281 g/mol. The maximum atomic E-state index is 12.1. The van der Waals surface area contributed by atoms with Crippen molar-refractivity contribution < 1.29 is 4.79 Å². The fraction of sp³-hybridized carbons (Fsp3) is 0.0667. The molecule has 2 rings (SSSR count). The molecule has 1 aromatic heterocycles. The van der Waals surface area contributed by atoms with Crippen LogP contribution in [0.1, 0.15) is 20.8 Å². The maximum Gasteiger partial charge on any atom is 0.267 e. The van der Waals surface area contributed by atoms with Crippen molar-refractivity contribution in [1.82, 2.24) is 0 Å². The highest BCUT2D eigenvalue weighted by Gasteiger charge is 2.12. The Morgan fingerprint density at radius 3 is 2.70 bits per heavy atom. The first-order chi connectivity index (χ1) is 9.74. The Morgan fingerprint density at radius 1 is 1.30 bits per heavy atom. The Morgan fingerprint density at radius 2 is 2.05 bits per heavy atom. The quantitative estimate of drug-likeness (QED) is 0.828. The van der Waals surface area contributed by atoms with Gasteiger partial charge >= 0.3 is 0 Å². The molecule has 2 aromatic rings. The summed E-state index contributed by atoms with van der Waals surface area (Å²) in [5, 5.41) is 13.3. The van der Waals surface area contributed by atoms with Gasteiger partial charge in [0.05, 0.1) is 18.2 Å². The summed E-state index contributed by atoms with van der Waals surface area (Å²) in [6.45, 7) is 0.256. The number of hydrogen-bond acceptors (Lipinski definition) is 4. The fourth-order valence-corrected chi connectivity index (χ4v) is 2.29. The van der Waals surface area contributed by atoms with E-state index in [1.165, 1.54) is 11.3 Å². The van der Waals surface area contributed by atoms with Crippen molar-refractivity contribution in [3.63, 3.8) is 0 Å². The van der Waals surface area contributed by atoms with Gasteiger partial charge in [0.1, 0.15) is 4.88 Å². The summed E-state index contributed by atoms with van der Waals surface area (Å²) in [6.07, 6.45) is 0. The lowest BCUT2D eigenvalue weighted by molar-refractivity contribution is 0.103. The molecule has 0 spiro atoms. The van der Waals surface area contributed by atoms with Crippen LogP contribution in [0.5, 0.6) is 0 Å². The molecule has 0 aliphatic rings. The Hall–Kier alpha value is -2.60. The lowest BCUT2D eigenvalue weighted by Gasteiger charge is -2.04. The fourth-order valence-electron chi connectivity index (χ4n) is 1.55. The zero-order valence-corrected chi connectivity index (χ0v) is 11.3. The van der Waals surface area contributed by atoms with Crippen LogP contribution in [-0.4, -0.2) is 12.5 Å². The third-order valence-corrected chi connectivity index (χ3v) is 3.38. The van der Waals surface area contributed by atoms with Crippen LogP contribution >= 0.6 is 11.3 Å². The number of hydrogen-bond donors (Lipinski definition) is 2. The van der Waals surface area contributed by atoms with Crippen LogP contribution < -0.4 is 11.1 Å². The van der Waals surface area contributed by atoms with Crippen LogP contribution in [0.25, 0.3) is 0 Å². The van der Waals surface area contributed by atoms with E-state index >= 15 is 0 Å². The standard InChI is InChI=1S/C15H11N3OS/c16-8-1-2-12-7-9-20-14(12)15(19)18-13-5-3-11(10-17)4-6-13/h3-7,9H,8,16H2,(H,18,19). The monoisotopic (exact) mass is 281 g/mol. The molecule has 0 aliphatic heterocycles. The van der Waals surface area contributed by atoms with E-state index in [9.17, 15) is 4.79 Å². The molecule has 0 bridgehead atoms. The van der Waals surface area contributed by atoms with Gasteiger partial charge in [0.25, 0.3) is 5.91 Å². The highest BCUT2D eigenvalue weighted by molar-refractivity contribution is 7.12. The van der Waals surface area contributed by atoms with E-state index in [0.29, 0.717) is 21.7 Å². The Bertz CT molecular complexity index is 714. The molecule has 0 saturated carbocycles. The van der Waals surface area contributed by atoms with E-state index in [4.69, 9.17) is 11.0 Å². The van der Waals surface area contributed by atoms with E-state index in [-0.39, 0.29) is 12.5 Å². The molecule has 1 amide bonds. The lowest BCUT2D eigenvalue weighted by atomic mass is 10.2. The Balaban J connectivity index is 2.16. The number of nitrogens with one attached hydrogen (secondary N) is 1. The highest BCUT2D eigenvalue weighted by Crippen LogP contribution is 2.18. The second kappa shape index (κ2) is 6.53. The molecule has 1 heterocycles. The number of anilines is 1. The summed E-state index contributed by atoms with van der Waals surface area (Å²) >= 11 is 1.33. The smallest absolute Gasteiger partial charge is 0.267 e. The summed E-state index contributed by atoms with van der Waals surface area (Å²) in [5.74, 6) is 5.39. The lowest BCUT2D eigenvalue weighted by Crippen LogP contribution is -2.11. The van der Waals surface area contributed by atoms with E-state index in [1.54, 1.807) is 30.3 Å². The van der Waals surface area contributed by atoms with Gasteiger partial charge in [-0.25, -0.2) is 0 Å². The van der Waals surface area contributed by atoms with E-state index < -0.39 is 0 Å². The Labute approximate surface area is 120 Å². The van der Waals surface area contributed by atoms with Gasteiger partial charge in [-0.2, -0.15) is 5.26 Å². The van der Waals surface area contributed by atoms with Crippen LogP contribution in [0.4, 0.5) is 5.69 Å². The number of thiophene rings is 1. The first kappa shape index (κ1) is 13.8. The molecule has 0 atom stereocenters. The second-order valence-electron chi connectivity index (χ2n) is 3.81. The number of amides is 1. The van der Waals surface area contributed by atoms with E-state index in [2.05, 4.69) is 17.2 Å². The van der Waals surface area contributed by atoms with Gasteiger partial charge in [0.2, 0.25) is 0 Å². The van der Waals surface area contributed by atoms with Crippen LogP contribution in [0.2, 0.25) is 0 Å². The molecule has 5 heteroatoms. The molecule has 0 aliphatic carbocycles. The van der Waals surface area contributed by atoms with Crippen LogP contribution in [0.3, 0.4) is 0 Å². The molecule has 4 nitrogen and oxygen atoms in total. The summed E-state index contributed by atoms with van der Waals surface area (Å²) in [6, 6.07) is 10.5. The van der Waals surface area contributed by atoms with Crippen LogP contribution in [-0.2, 0) is 0 Å². The Kier molecular flexibility index (Phi) is 4.52. The normalized spacial score (nSPS) is 9.20.